The molecule has 0 saturated carbocycles. The van der Waals surface area contributed by atoms with Gasteiger partial charge in [-0.2, -0.15) is 4.98 Å². The molecule has 2 N–H and O–H groups in total. The number of methoxy groups -OCH3 is 1. The number of aryl methyl sites for hydroxylation is 1. The Kier molecular flexibility index (Phi) is 6.08. The van der Waals surface area contributed by atoms with Crippen molar-refractivity contribution in [1.82, 2.24) is 19.5 Å². The summed E-state index contributed by atoms with van der Waals surface area (Å²) < 4.78 is 13.5. The molecule has 0 amide bonds. The molecule has 3 heterocycles. The molecule has 1 aliphatic heterocycles. The maximum atomic E-state index is 6.10. The van der Waals surface area contributed by atoms with Gasteiger partial charge < -0.3 is 24.7 Å². The molecule has 9 heteroatoms. The lowest BCUT2D eigenvalue weighted by molar-refractivity contribution is 0.0979. The fourth-order valence-corrected chi connectivity index (χ4v) is 4.28. The van der Waals surface area contributed by atoms with E-state index in [0.717, 1.165) is 39.7 Å². The van der Waals surface area contributed by atoms with Gasteiger partial charge in [0.2, 0.25) is 5.95 Å². The van der Waals surface area contributed by atoms with Gasteiger partial charge in [0.1, 0.15) is 11.6 Å². The van der Waals surface area contributed by atoms with Gasteiger partial charge in [-0.15, -0.1) is 0 Å². The number of imidazole rings is 1. The van der Waals surface area contributed by atoms with Crippen LogP contribution in [0.1, 0.15) is 28.4 Å². The van der Waals surface area contributed by atoms with Crippen LogP contribution in [0.2, 0.25) is 5.02 Å². The third-order valence-corrected chi connectivity index (χ3v) is 6.09. The highest BCUT2D eigenvalue weighted by Crippen LogP contribution is 2.36. The number of hydrogen-bond acceptors (Lipinski definition) is 7. The zero-order valence-electron chi connectivity index (χ0n) is 19.2. The minimum absolute atomic E-state index is 0.0157. The summed E-state index contributed by atoms with van der Waals surface area (Å²) in [5.41, 5.74) is 5.64. The topological polar surface area (TPSA) is 86.1 Å². The van der Waals surface area contributed by atoms with Gasteiger partial charge in [-0.25, -0.2) is 9.97 Å². The highest BCUT2D eigenvalue weighted by molar-refractivity contribution is 6.30. The van der Waals surface area contributed by atoms with E-state index in [4.69, 9.17) is 31.0 Å². The average molecular weight is 477 g/mol. The number of rotatable bonds is 6. The van der Waals surface area contributed by atoms with Crippen molar-refractivity contribution < 1.29 is 9.47 Å². The van der Waals surface area contributed by atoms with Crippen LogP contribution in [0.4, 0.5) is 17.5 Å². The molecule has 174 valence electrons. The molecule has 1 atom stereocenters. The number of nitrogens with one attached hydrogen (secondary N) is 2. The molecule has 0 fully saturated rings. The molecule has 0 saturated heterocycles. The molecule has 1 aliphatic rings. The van der Waals surface area contributed by atoms with E-state index in [0.29, 0.717) is 29.9 Å². The van der Waals surface area contributed by atoms with E-state index in [-0.39, 0.29) is 5.92 Å². The second-order valence-corrected chi connectivity index (χ2v) is 8.50. The van der Waals surface area contributed by atoms with E-state index in [1.165, 1.54) is 0 Å². The zero-order chi connectivity index (χ0) is 23.7. The van der Waals surface area contributed by atoms with Crippen molar-refractivity contribution in [2.45, 2.75) is 19.4 Å². The first kappa shape index (κ1) is 22.2. The molecule has 2 aromatic heterocycles. The summed E-state index contributed by atoms with van der Waals surface area (Å²) in [6.07, 6.45) is 3.72. The monoisotopic (exact) mass is 476 g/mol. The molecular weight excluding hydrogens is 452 g/mol. The summed E-state index contributed by atoms with van der Waals surface area (Å²) in [6, 6.07) is 13.7. The van der Waals surface area contributed by atoms with Crippen LogP contribution >= 0.6 is 11.6 Å². The predicted molar refractivity (Wildman–Crippen MR) is 133 cm³/mol. The molecule has 1 unspecified atom stereocenters. The van der Waals surface area contributed by atoms with Crippen LogP contribution < -0.4 is 15.4 Å². The van der Waals surface area contributed by atoms with Gasteiger partial charge in [-0.1, -0.05) is 23.7 Å². The van der Waals surface area contributed by atoms with Crippen molar-refractivity contribution in [3.05, 3.63) is 82.5 Å². The summed E-state index contributed by atoms with van der Waals surface area (Å²) in [6.45, 7) is 2.96. The molecule has 0 spiro atoms. The normalized spacial score (nSPS) is 15.0. The number of benzene rings is 2. The van der Waals surface area contributed by atoms with Crippen molar-refractivity contribution >= 4 is 29.1 Å². The second-order valence-electron chi connectivity index (χ2n) is 8.06. The number of ether oxygens (including phenoxy) is 2. The molecule has 0 radical (unpaired) electrons. The third kappa shape index (κ3) is 4.30. The number of halogens is 1. The predicted octanol–water partition coefficient (Wildman–Crippen LogP) is 5.08. The summed E-state index contributed by atoms with van der Waals surface area (Å²) in [4.78, 5) is 13.9. The first-order chi connectivity index (χ1) is 16.6. The Hall–Kier alpha value is -3.62. The van der Waals surface area contributed by atoms with Crippen LogP contribution in [-0.2, 0) is 11.3 Å². The Morgan fingerprint density at radius 3 is 2.68 bits per heavy atom. The summed E-state index contributed by atoms with van der Waals surface area (Å²) in [5, 5.41) is 7.23. The fourth-order valence-electron chi connectivity index (χ4n) is 4.15. The summed E-state index contributed by atoms with van der Waals surface area (Å²) >= 11 is 6.10. The Labute approximate surface area is 202 Å². The SMILES string of the molecule is CNc1nc(Nc2ccc(-n3cnc(C)c3)c(OC)c2)nc2c1COCC2c1ccc(Cl)cc1. The number of anilines is 3. The Balaban J connectivity index is 1.50. The van der Waals surface area contributed by atoms with Crippen LogP contribution in [0.25, 0.3) is 5.69 Å². The van der Waals surface area contributed by atoms with Gasteiger partial charge in [0.15, 0.2) is 0 Å². The Bertz CT molecular complexity index is 1320. The molecule has 34 heavy (non-hydrogen) atoms. The molecule has 8 nitrogen and oxygen atoms in total. The molecule has 5 rings (SSSR count). The zero-order valence-corrected chi connectivity index (χ0v) is 19.9. The van der Waals surface area contributed by atoms with Crippen molar-refractivity contribution in [2.75, 3.05) is 31.4 Å². The minimum Gasteiger partial charge on any atom is -0.494 e. The molecule has 4 aromatic rings. The molecular formula is C25H25ClN6O2. The van der Waals surface area contributed by atoms with Crippen LogP contribution in [0.3, 0.4) is 0 Å². The van der Waals surface area contributed by atoms with E-state index in [1.54, 1.807) is 13.4 Å². The molecule has 0 aliphatic carbocycles. The minimum atomic E-state index is -0.0157. The van der Waals surface area contributed by atoms with Gasteiger partial charge >= 0.3 is 0 Å². The van der Waals surface area contributed by atoms with Gasteiger partial charge in [-0.3, -0.25) is 0 Å². The molecule has 2 aromatic carbocycles. The Morgan fingerprint density at radius 1 is 1.15 bits per heavy atom. The van der Waals surface area contributed by atoms with E-state index < -0.39 is 0 Å². The van der Waals surface area contributed by atoms with E-state index in [9.17, 15) is 0 Å². The number of fused-ring (bicyclic) bond motifs is 1. The van der Waals surface area contributed by atoms with Crippen molar-refractivity contribution in [3.8, 4) is 11.4 Å². The third-order valence-electron chi connectivity index (χ3n) is 5.83. The van der Waals surface area contributed by atoms with Gasteiger partial charge in [0.25, 0.3) is 0 Å². The van der Waals surface area contributed by atoms with Gasteiger partial charge in [0, 0.05) is 35.6 Å². The van der Waals surface area contributed by atoms with Crippen molar-refractivity contribution in [3.63, 3.8) is 0 Å². The smallest absolute Gasteiger partial charge is 0.229 e. The van der Waals surface area contributed by atoms with E-state index in [1.807, 2.05) is 67.2 Å². The van der Waals surface area contributed by atoms with E-state index in [2.05, 4.69) is 15.6 Å². The van der Waals surface area contributed by atoms with Crippen LogP contribution in [0.5, 0.6) is 5.75 Å². The van der Waals surface area contributed by atoms with Crippen LogP contribution in [0, 0.1) is 6.92 Å². The quantitative estimate of drug-likeness (QED) is 0.401. The fraction of sp³-hybridized carbons (Fsp3) is 0.240. The van der Waals surface area contributed by atoms with Gasteiger partial charge in [0.05, 0.1) is 49.6 Å². The Morgan fingerprint density at radius 2 is 1.97 bits per heavy atom. The largest absolute Gasteiger partial charge is 0.494 e. The van der Waals surface area contributed by atoms with Crippen LogP contribution in [0.15, 0.2) is 55.0 Å². The lowest BCUT2D eigenvalue weighted by atomic mass is 9.91. The first-order valence-corrected chi connectivity index (χ1v) is 11.3. The van der Waals surface area contributed by atoms with Crippen molar-refractivity contribution in [2.24, 2.45) is 0 Å². The standard InChI is InChI=1S/C25H25ClN6O2/c1-15-11-32(14-28-15)21-9-8-18(10-22(21)33-3)29-25-30-23-19(16-4-6-17(26)7-5-16)12-34-13-20(23)24(27-2)31-25/h4-11,14,19H,12-13H2,1-3H3,(H2,27,29,30,31). The van der Waals surface area contributed by atoms with Crippen molar-refractivity contribution in [1.29, 1.82) is 0 Å². The average Bonchev–Trinajstić information content (AvgIpc) is 3.29. The summed E-state index contributed by atoms with van der Waals surface area (Å²) in [7, 11) is 3.50. The highest BCUT2D eigenvalue weighted by atomic mass is 35.5. The number of nitrogens with zero attached hydrogens (tertiary/aromatic N) is 4. The maximum Gasteiger partial charge on any atom is 0.229 e. The lowest BCUT2D eigenvalue weighted by Gasteiger charge is -2.27. The summed E-state index contributed by atoms with van der Waals surface area (Å²) in [5.74, 6) is 1.93. The molecule has 0 bridgehead atoms. The number of aromatic nitrogens is 4. The van der Waals surface area contributed by atoms with E-state index >= 15 is 0 Å². The second kappa shape index (κ2) is 9.32. The van der Waals surface area contributed by atoms with Crippen LogP contribution in [-0.4, -0.2) is 40.3 Å². The number of hydrogen-bond donors (Lipinski definition) is 2. The lowest BCUT2D eigenvalue weighted by Crippen LogP contribution is -2.22. The highest BCUT2D eigenvalue weighted by Gasteiger charge is 2.28. The maximum absolute atomic E-state index is 6.10. The van der Waals surface area contributed by atoms with Gasteiger partial charge in [-0.05, 0) is 36.8 Å². The first-order valence-electron chi connectivity index (χ1n) is 10.9.